The molecule has 4 rings (SSSR count). The second kappa shape index (κ2) is 17.6. The first kappa shape index (κ1) is 38.8. The van der Waals surface area contributed by atoms with E-state index < -0.39 is 23.6 Å². The number of hydrogen-bond donors (Lipinski definition) is 0. The van der Waals surface area contributed by atoms with Crippen molar-refractivity contribution >= 4 is 76.3 Å². The van der Waals surface area contributed by atoms with Gasteiger partial charge in [-0.3, -0.25) is 0 Å². The van der Waals surface area contributed by atoms with Crippen molar-refractivity contribution in [3.8, 4) is 34.3 Å². The number of carbonyl (C=O) groups excluding carboxylic acids is 2. The van der Waals surface area contributed by atoms with Crippen LogP contribution in [0.3, 0.4) is 0 Å². The zero-order valence-electron chi connectivity index (χ0n) is 26.4. The first-order valence-electron chi connectivity index (χ1n) is 13.3. The van der Waals surface area contributed by atoms with Crippen LogP contribution in [0.5, 0.6) is 11.5 Å². The van der Waals surface area contributed by atoms with Gasteiger partial charge in [0.05, 0.1) is 49.6 Å². The van der Waals surface area contributed by atoms with Gasteiger partial charge >= 0.3 is 11.9 Å². The molecule has 0 saturated carbocycles. The molecule has 17 heteroatoms. The van der Waals surface area contributed by atoms with Crippen LogP contribution in [-0.4, -0.2) is 72.8 Å². The van der Waals surface area contributed by atoms with E-state index in [0.717, 1.165) is 0 Å². The van der Waals surface area contributed by atoms with Gasteiger partial charge < -0.3 is 18.9 Å². The van der Waals surface area contributed by atoms with Crippen LogP contribution in [0.2, 0.25) is 15.1 Å². The molecule has 48 heavy (non-hydrogen) atoms. The third-order valence-corrected chi connectivity index (χ3v) is 8.64. The average Bonchev–Trinajstić information content (AvgIpc) is 3.08. The number of halogens is 5. The lowest BCUT2D eigenvalue weighted by molar-refractivity contribution is 0.0584. The fourth-order valence-electron chi connectivity index (χ4n) is 3.99. The van der Waals surface area contributed by atoms with Crippen LogP contribution in [-0.2, 0) is 9.47 Å². The summed E-state index contributed by atoms with van der Waals surface area (Å²) in [6.07, 6.45) is 6.99. The maximum absolute atomic E-state index is 14.7. The van der Waals surface area contributed by atoms with Gasteiger partial charge in [0.25, 0.3) is 0 Å². The second-order valence-corrected chi connectivity index (χ2v) is 11.7. The second-order valence-electron chi connectivity index (χ2n) is 8.91. The van der Waals surface area contributed by atoms with Gasteiger partial charge in [0.2, 0.25) is 0 Å². The SMILES string of the molecule is C/C=C\c1c(SC)nc(-c2ccc(Cl)c(OC)c2F)nc1C(=O)OC.COC(=O)c1nc(-c2ccc(Cl)c(OC)c2F)nc(SC)c1Cl. The van der Waals surface area contributed by atoms with Crippen LogP contribution in [0.25, 0.3) is 28.9 Å². The number of ether oxygens (including phenoxy) is 4. The maximum Gasteiger partial charge on any atom is 0.358 e. The van der Waals surface area contributed by atoms with Crippen molar-refractivity contribution in [2.75, 3.05) is 41.0 Å². The van der Waals surface area contributed by atoms with Gasteiger partial charge in [0.15, 0.2) is 46.2 Å². The summed E-state index contributed by atoms with van der Waals surface area (Å²) in [5.74, 6) is -3.01. The van der Waals surface area contributed by atoms with Gasteiger partial charge in [-0.2, -0.15) is 0 Å². The average molecular weight is 760 g/mol. The van der Waals surface area contributed by atoms with Gasteiger partial charge in [-0.25, -0.2) is 38.3 Å². The maximum atomic E-state index is 14.7. The Kier molecular flexibility index (Phi) is 14.2. The molecule has 0 aliphatic rings. The third kappa shape index (κ3) is 8.29. The van der Waals surface area contributed by atoms with Crippen LogP contribution >= 0.6 is 58.3 Å². The summed E-state index contributed by atoms with van der Waals surface area (Å²) in [4.78, 5) is 40.7. The molecule has 0 atom stereocenters. The van der Waals surface area contributed by atoms with Gasteiger partial charge in [-0.15, -0.1) is 23.5 Å². The summed E-state index contributed by atoms with van der Waals surface area (Å²) >= 11 is 20.4. The predicted molar refractivity (Wildman–Crippen MR) is 184 cm³/mol. The number of nitrogens with zero attached hydrogens (tertiary/aromatic N) is 4. The quantitative estimate of drug-likeness (QED) is 0.0923. The summed E-state index contributed by atoms with van der Waals surface area (Å²) in [6.45, 7) is 1.81. The number of carbonyl (C=O) groups is 2. The number of rotatable bonds is 9. The van der Waals surface area contributed by atoms with Gasteiger partial charge in [0, 0.05) is 5.56 Å². The van der Waals surface area contributed by atoms with Crippen molar-refractivity contribution in [1.82, 2.24) is 19.9 Å². The minimum Gasteiger partial charge on any atom is -0.492 e. The topological polar surface area (TPSA) is 123 Å². The number of allylic oxidation sites excluding steroid dienone is 1. The zero-order chi connectivity index (χ0) is 35.7. The number of benzene rings is 2. The largest absolute Gasteiger partial charge is 0.492 e. The van der Waals surface area contributed by atoms with E-state index in [0.29, 0.717) is 15.6 Å². The zero-order valence-corrected chi connectivity index (χ0v) is 30.3. The van der Waals surface area contributed by atoms with Crippen LogP contribution in [0, 0.1) is 11.6 Å². The molecule has 0 amide bonds. The van der Waals surface area contributed by atoms with Crippen molar-refractivity contribution in [2.45, 2.75) is 17.0 Å². The Balaban J connectivity index is 0.000000261. The first-order chi connectivity index (χ1) is 22.9. The highest BCUT2D eigenvalue weighted by Gasteiger charge is 2.24. The van der Waals surface area contributed by atoms with Crippen molar-refractivity contribution in [3.63, 3.8) is 0 Å². The number of esters is 2. The summed E-state index contributed by atoms with van der Waals surface area (Å²) in [5, 5.41) is 1.14. The highest BCUT2D eigenvalue weighted by atomic mass is 35.5. The smallest absolute Gasteiger partial charge is 0.358 e. The molecule has 0 spiro atoms. The lowest BCUT2D eigenvalue weighted by Crippen LogP contribution is -2.11. The normalized spacial score (nSPS) is 10.8. The Labute approximate surface area is 298 Å². The van der Waals surface area contributed by atoms with E-state index in [1.807, 2.05) is 6.92 Å². The molecule has 2 aromatic carbocycles. The summed E-state index contributed by atoms with van der Waals surface area (Å²) in [5.41, 5.74) is 0.545. The van der Waals surface area contributed by atoms with Gasteiger partial charge in [0.1, 0.15) is 15.1 Å². The molecule has 0 unspecified atom stereocenters. The fraction of sp³-hybridized carbons (Fsp3) is 0.226. The first-order valence-corrected chi connectivity index (χ1v) is 16.9. The van der Waals surface area contributed by atoms with E-state index >= 15 is 0 Å². The summed E-state index contributed by atoms with van der Waals surface area (Å²) < 4.78 is 48.6. The lowest BCUT2D eigenvalue weighted by Gasteiger charge is -2.12. The number of methoxy groups -OCH3 is 4. The molecule has 254 valence electrons. The molecular weight excluding hydrogens is 733 g/mol. The standard InChI is InChI=1S/C17H16ClFN2O3S.C14H11Cl2FN2O3S/c1-5-6-10-13(17(22)24-3)20-15(21-16(10)25-4)9-7-8-11(18)14(23-2)12(9)19;1-21-11-7(15)5-4-6(9(11)17)12-18-10(14(20)22-2)8(16)13(19-12)23-3/h5-8H,1-4H3;4-5H,1-3H3/b6-5-;. The fourth-order valence-corrected chi connectivity index (χ4v) is 5.85. The molecule has 4 aromatic rings. The predicted octanol–water partition coefficient (Wildman–Crippen LogP) is 8.59. The Morgan fingerprint density at radius 2 is 1.15 bits per heavy atom. The van der Waals surface area contributed by atoms with E-state index in [9.17, 15) is 18.4 Å². The van der Waals surface area contributed by atoms with Crippen LogP contribution in [0.15, 0.2) is 40.4 Å². The van der Waals surface area contributed by atoms with E-state index in [-0.39, 0.29) is 60.7 Å². The highest BCUT2D eigenvalue weighted by Crippen LogP contribution is 2.37. The van der Waals surface area contributed by atoms with Crippen LogP contribution in [0.4, 0.5) is 8.78 Å². The van der Waals surface area contributed by atoms with Crippen molar-refractivity contribution in [3.05, 3.63) is 74.0 Å². The van der Waals surface area contributed by atoms with E-state index in [1.54, 1.807) is 24.7 Å². The molecular formula is C31H27Cl3F2N4O6S2. The summed E-state index contributed by atoms with van der Waals surface area (Å²) in [6, 6.07) is 5.77. The minimum atomic E-state index is -0.740. The van der Waals surface area contributed by atoms with Crippen LogP contribution in [0.1, 0.15) is 33.5 Å². The molecule has 2 heterocycles. The minimum absolute atomic E-state index is 0.0217. The third-order valence-electron chi connectivity index (χ3n) is 6.20. The molecule has 2 aromatic heterocycles. The van der Waals surface area contributed by atoms with Crippen molar-refractivity contribution in [2.24, 2.45) is 0 Å². The molecule has 0 N–H and O–H groups in total. The monoisotopic (exact) mass is 758 g/mol. The van der Waals surface area contributed by atoms with E-state index in [2.05, 4.69) is 24.7 Å². The molecule has 0 saturated heterocycles. The lowest BCUT2D eigenvalue weighted by atomic mass is 10.1. The molecule has 0 aliphatic carbocycles. The van der Waals surface area contributed by atoms with E-state index in [4.69, 9.17) is 49.0 Å². The summed E-state index contributed by atoms with van der Waals surface area (Å²) in [7, 11) is 5.07. The number of hydrogen-bond acceptors (Lipinski definition) is 12. The molecule has 0 radical (unpaired) electrons. The molecule has 10 nitrogen and oxygen atoms in total. The van der Waals surface area contributed by atoms with Gasteiger partial charge in [-0.05, 0) is 43.7 Å². The van der Waals surface area contributed by atoms with Gasteiger partial charge in [-0.1, -0.05) is 47.0 Å². The molecule has 0 fully saturated rings. The van der Waals surface area contributed by atoms with Crippen molar-refractivity contribution in [1.29, 1.82) is 0 Å². The van der Waals surface area contributed by atoms with Crippen molar-refractivity contribution < 1.29 is 37.3 Å². The Morgan fingerprint density at radius 3 is 1.56 bits per heavy atom. The Morgan fingerprint density at radius 1 is 0.708 bits per heavy atom. The molecule has 0 bridgehead atoms. The molecule has 0 aliphatic heterocycles. The van der Waals surface area contributed by atoms with Crippen LogP contribution < -0.4 is 9.47 Å². The van der Waals surface area contributed by atoms with E-state index in [1.165, 1.54) is 76.2 Å². The number of aromatic nitrogens is 4. The Hall–Kier alpha value is -3.69. The highest BCUT2D eigenvalue weighted by molar-refractivity contribution is 7.98. The number of thioether (sulfide) groups is 2. The Bertz CT molecular complexity index is 1890.